The summed E-state index contributed by atoms with van der Waals surface area (Å²) in [4.78, 5) is 28.5. The molecule has 0 atom stereocenters. The van der Waals surface area contributed by atoms with Crippen LogP contribution in [0.5, 0.6) is 0 Å². The number of aromatic nitrogens is 2. The summed E-state index contributed by atoms with van der Waals surface area (Å²) in [6.07, 6.45) is -0.310. The smallest absolute Gasteiger partial charge is 0.308 e. The Kier molecular flexibility index (Phi) is 4.22. The topological polar surface area (TPSA) is 72.2 Å². The van der Waals surface area contributed by atoms with Crippen LogP contribution in [0.2, 0.25) is 5.02 Å². The van der Waals surface area contributed by atoms with Crippen molar-refractivity contribution >= 4 is 50.0 Å². The Labute approximate surface area is 157 Å². The lowest BCUT2D eigenvalue weighted by atomic mass is 10.1. The van der Waals surface area contributed by atoms with E-state index in [2.05, 4.69) is 4.98 Å². The minimum absolute atomic E-state index is 0.260. The van der Waals surface area contributed by atoms with E-state index in [1.165, 1.54) is 11.3 Å². The first kappa shape index (κ1) is 16.8. The number of aliphatic carboxylic acids is 1. The molecule has 5 nitrogen and oxygen atoms in total. The first-order valence-corrected chi connectivity index (χ1v) is 9.09. The third kappa shape index (κ3) is 2.98. The van der Waals surface area contributed by atoms with E-state index in [1.807, 2.05) is 36.4 Å². The molecule has 2 aromatic heterocycles. The molecule has 26 heavy (non-hydrogen) atoms. The Bertz CT molecular complexity index is 1210. The van der Waals surface area contributed by atoms with Crippen LogP contribution in [-0.2, 0) is 17.8 Å². The maximum absolute atomic E-state index is 12.9. The average Bonchev–Trinajstić information content (AvgIpc) is 3.02. The lowest BCUT2D eigenvalue weighted by Crippen LogP contribution is -2.26. The van der Waals surface area contributed by atoms with E-state index in [9.17, 15) is 9.59 Å². The number of pyridine rings is 1. The molecule has 2 aromatic carbocycles. The second-order valence-corrected chi connectivity index (χ2v) is 7.38. The van der Waals surface area contributed by atoms with Crippen LogP contribution in [-0.4, -0.2) is 20.6 Å². The highest BCUT2D eigenvalue weighted by atomic mass is 35.5. The van der Waals surface area contributed by atoms with Crippen LogP contribution < -0.4 is 5.56 Å². The second kappa shape index (κ2) is 6.55. The van der Waals surface area contributed by atoms with Crippen LogP contribution in [0.4, 0.5) is 0 Å². The molecule has 0 amide bonds. The fourth-order valence-corrected chi connectivity index (χ4v) is 4.24. The molecule has 2 heterocycles. The number of benzene rings is 2. The Balaban J connectivity index is 1.88. The largest absolute Gasteiger partial charge is 0.481 e. The summed E-state index contributed by atoms with van der Waals surface area (Å²) in [6.45, 7) is 0.266. The molecule has 4 rings (SSSR count). The zero-order valence-corrected chi connectivity index (χ0v) is 15.0. The highest BCUT2D eigenvalue weighted by Gasteiger charge is 2.14. The van der Waals surface area contributed by atoms with Gasteiger partial charge in [0.25, 0.3) is 5.56 Å². The van der Waals surface area contributed by atoms with Gasteiger partial charge in [0.05, 0.1) is 33.7 Å². The van der Waals surface area contributed by atoms with Crippen LogP contribution in [0.15, 0.2) is 53.3 Å². The van der Waals surface area contributed by atoms with Gasteiger partial charge in [-0.3, -0.25) is 9.59 Å². The summed E-state index contributed by atoms with van der Waals surface area (Å²) in [7, 11) is 0. The highest BCUT2D eigenvalue weighted by molar-refractivity contribution is 7.19. The highest BCUT2D eigenvalue weighted by Crippen LogP contribution is 2.29. The summed E-state index contributed by atoms with van der Waals surface area (Å²) in [5.74, 6) is -1.03. The number of para-hydroxylation sites is 1. The molecular formula is C19H13ClN2O3S. The van der Waals surface area contributed by atoms with Crippen LogP contribution >= 0.6 is 22.9 Å². The van der Waals surface area contributed by atoms with Crippen molar-refractivity contribution in [2.45, 2.75) is 13.0 Å². The number of carboxylic acids is 1. The van der Waals surface area contributed by atoms with Crippen molar-refractivity contribution in [3.63, 3.8) is 0 Å². The second-order valence-electron chi connectivity index (χ2n) is 5.89. The maximum Gasteiger partial charge on any atom is 0.308 e. The van der Waals surface area contributed by atoms with Gasteiger partial charge in [-0.2, -0.15) is 0 Å². The zero-order chi connectivity index (χ0) is 18.3. The molecule has 0 bridgehead atoms. The van der Waals surface area contributed by atoms with Crippen molar-refractivity contribution in [3.05, 3.63) is 74.5 Å². The first-order chi connectivity index (χ1) is 12.5. The molecule has 0 spiro atoms. The molecule has 0 saturated heterocycles. The van der Waals surface area contributed by atoms with Crippen LogP contribution in [0.3, 0.4) is 0 Å². The number of carboxylic acid groups (broad SMARTS) is 1. The number of halogens is 1. The zero-order valence-electron chi connectivity index (χ0n) is 13.5. The van der Waals surface area contributed by atoms with Gasteiger partial charge in [-0.25, -0.2) is 4.98 Å². The molecule has 4 aromatic rings. The fraction of sp³-hybridized carbons (Fsp3) is 0.105. The lowest BCUT2D eigenvalue weighted by Gasteiger charge is -2.11. The van der Waals surface area contributed by atoms with E-state index >= 15 is 0 Å². The van der Waals surface area contributed by atoms with Crippen molar-refractivity contribution in [3.8, 4) is 0 Å². The number of nitrogens with zero attached hydrogens (tertiary/aromatic N) is 2. The minimum atomic E-state index is -1.03. The van der Waals surface area contributed by atoms with Crippen molar-refractivity contribution < 1.29 is 9.90 Å². The van der Waals surface area contributed by atoms with E-state index in [0.29, 0.717) is 5.02 Å². The molecule has 0 aliphatic rings. The van der Waals surface area contributed by atoms with Crippen molar-refractivity contribution in [2.24, 2.45) is 0 Å². The summed E-state index contributed by atoms with van der Waals surface area (Å²) in [5, 5.41) is 11.3. The van der Waals surface area contributed by atoms with Gasteiger partial charge in [0, 0.05) is 5.56 Å². The molecule has 1 N–H and O–H groups in total. The third-order valence-electron chi connectivity index (χ3n) is 4.12. The predicted molar refractivity (Wildman–Crippen MR) is 103 cm³/mol. The van der Waals surface area contributed by atoms with Crippen LogP contribution in [0.1, 0.15) is 10.6 Å². The summed E-state index contributed by atoms with van der Waals surface area (Å²) < 4.78 is 2.46. The lowest BCUT2D eigenvalue weighted by molar-refractivity contribution is -0.136. The average molecular weight is 385 g/mol. The van der Waals surface area contributed by atoms with Crippen molar-refractivity contribution in [2.75, 3.05) is 0 Å². The minimum Gasteiger partial charge on any atom is -0.481 e. The first-order valence-electron chi connectivity index (χ1n) is 7.90. The Hall–Kier alpha value is -2.70. The molecule has 0 aliphatic carbocycles. The Morgan fingerprint density at radius 3 is 2.77 bits per heavy atom. The van der Waals surface area contributed by atoms with Gasteiger partial charge in [0.1, 0.15) is 5.01 Å². The number of hydrogen-bond donors (Lipinski definition) is 1. The van der Waals surface area contributed by atoms with E-state index in [1.54, 1.807) is 16.7 Å². The standard InChI is InChI=1S/C19H13ClN2O3S/c20-13-5-3-6-14-18(13)26-16(21-14)10-22-15-7-2-1-4-11(15)8-12(19(22)25)9-17(23)24/h1-8H,9-10H2,(H,23,24). The van der Waals surface area contributed by atoms with Gasteiger partial charge >= 0.3 is 5.97 Å². The molecule has 7 heteroatoms. The van der Waals surface area contributed by atoms with Gasteiger partial charge in [0.2, 0.25) is 0 Å². The number of rotatable bonds is 4. The maximum atomic E-state index is 12.9. The Morgan fingerprint density at radius 2 is 2.00 bits per heavy atom. The van der Waals surface area contributed by atoms with Gasteiger partial charge in [-0.15, -0.1) is 11.3 Å². The van der Waals surface area contributed by atoms with Gasteiger partial charge in [-0.05, 0) is 29.7 Å². The number of fused-ring (bicyclic) bond motifs is 2. The summed E-state index contributed by atoms with van der Waals surface area (Å²) >= 11 is 7.66. The van der Waals surface area contributed by atoms with Crippen molar-refractivity contribution in [1.29, 1.82) is 0 Å². The predicted octanol–water partition coefficient (Wildman–Crippen LogP) is 3.94. The molecule has 0 fully saturated rings. The van der Waals surface area contributed by atoms with Gasteiger partial charge in [0.15, 0.2) is 0 Å². The monoisotopic (exact) mass is 384 g/mol. The van der Waals surface area contributed by atoms with E-state index in [4.69, 9.17) is 16.7 Å². The van der Waals surface area contributed by atoms with E-state index in [-0.39, 0.29) is 24.1 Å². The Morgan fingerprint density at radius 1 is 1.19 bits per heavy atom. The molecule has 0 saturated carbocycles. The fourth-order valence-electron chi connectivity index (χ4n) is 3.00. The van der Waals surface area contributed by atoms with Gasteiger partial charge in [-0.1, -0.05) is 35.9 Å². The summed E-state index contributed by atoms with van der Waals surface area (Å²) in [6, 6.07) is 14.6. The molecule has 130 valence electrons. The van der Waals surface area contributed by atoms with E-state index < -0.39 is 5.97 Å². The van der Waals surface area contributed by atoms with Crippen LogP contribution in [0.25, 0.3) is 21.1 Å². The normalized spacial score (nSPS) is 11.3. The van der Waals surface area contributed by atoms with Crippen molar-refractivity contribution in [1.82, 2.24) is 9.55 Å². The third-order valence-corrected chi connectivity index (χ3v) is 5.64. The van der Waals surface area contributed by atoms with Crippen LogP contribution in [0, 0.1) is 0 Å². The quantitative estimate of drug-likeness (QED) is 0.578. The summed E-state index contributed by atoms with van der Waals surface area (Å²) in [5.41, 5.74) is 1.49. The molecule has 0 unspecified atom stereocenters. The number of carbonyl (C=O) groups is 1. The molecular weight excluding hydrogens is 372 g/mol. The van der Waals surface area contributed by atoms with E-state index in [0.717, 1.165) is 26.1 Å². The SMILES string of the molecule is O=C(O)Cc1cc2ccccc2n(Cc2nc3cccc(Cl)c3s2)c1=O. The molecule has 0 aliphatic heterocycles. The van der Waals surface area contributed by atoms with Gasteiger partial charge < -0.3 is 9.67 Å². The number of thiazole rings is 1. The molecule has 0 radical (unpaired) electrons. The number of hydrogen-bond acceptors (Lipinski definition) is 4.